The summed E-state index contributed by atoms with van der Waals surface area (Å²) in [5, 5.41) is 18.9. The molecular weight excluding hydrogens is 328 g/mol. The summed E-state index contributed by atoms with van der Waals surface area (Å²) in [4.78, 5) is 0. The molecule has 0 unspecified atom stereocenters. The Bertz CT molecular complexity index is 997. The molecule has 0 spiro atoms. The van der Waals surface area contributed by atoms with Crippen molar-refractivity contribution in [2.45, 2.75) is 19.8 Å². The zero-order valence-electron chi connectivity index (χ0n) is 15.3. The number of allylic oxidation sites excluding steroid dienone is 1. The molecular formula is C25H20N2. The largest absolute Gasteiger partial charge is 0.192 e. The van der Waals surface area contributed by atoms with E-state index in [1.165, 1.54) is 5.56 Å². The third-order valence-corrected chi connectivity index (χ3v) is 4.54. The number of aryl methyl sites for hydroxylation is 1. The molecule has 27 heavy (non-hydrogen) atoms. The summed E-state index contributed by atoms with van der Waals surface area (Å²) in [6, 6.07) is 30.4. The van der Waals surface area contributed by atoms with Crippen LogP contribution in [0.15, 0.2) is 84.4 Å². The molecule has 3 rings (SSSR count). The Kier molecular flexibility index (Phi) is 5.83. The van der Waals surface area contributed by atoms with Crippen molar-refractivity contribution in [3.63, 3.8) is 0 Å². The van der Waals surface area contributed by atoms with Crippen LogP contribution in [-0.4, -0.2) is 0 Å². The van der Waals surface area contributed by atoms with Gasteiger partial charge in [0.2, 0.25) is 0 Å². The minimum absolute atomic E-state index is 0.130. The Morgan fingerprint density at radius 3 is 1.74 bits per heavy atom. The van der Waals surface area contributed by atoms with E-state index in [0.717, 1.165) is 35.1 Å². The lowest BCUT2D eigenvalue weighted by atomic mass is 9.91. The number of hydrogen-bond donors (Lipinski definition) is 0. The third kappa shape index (κ3) is 4.14. The lowest BCUT2D eigenvalue weighted by Crippen LogP contribution is -1.94. The molecule has 130 valence electrons. The van der Waals surface area contributed by atoms with E-state index in [-0.39, 0.29) is 5.57 Å². The first-order valence-electron chi connectivity index (χ1n) is 9.06. The van der Waals surface area contributed by atoms with Crippen LogP contribution < -0.4 is 0 Å². The van der Waals surface area contributed by atoms with E-state index >= 15 is 0 Å². The molecule has 3 aromatic carbocycles. The second kappa shape index (κ2) is 8.65. The first-order valence-corrected chi connectivity index (χ1v) is 9.06. The van der Waals surface area contributed by atoms with Crippen molar-refractivity contribution in [1.82, 2.24) is 0 Å². The highest BCUT2D eigenvalue weighted by atomic mass is 14.3. The van der Waals surface area contributed by atoms with Crippen molar-refractivity contribution in [3.05, 3.63) is 101 Å². The highest BCUT2D eigenvalue weighted by Crippen LogP contribution is 2.29. The molecule has 0 atom stereocenters. The Labute approximate surface area is 160 Å². The highest BCUT2D eigenvalue weighted by molar-refractivity contribution is 5.87. The Morgan fingerprint density at radius 1 is 0.704 bits per heavy atom. The number of nitriles is 2. The minimum Gasteiger partial charge on any atom is -0.192 e. The van der Waals surface area contributed by atoms with Gasteiger partial charge in [-0.2, -0.15) is 10.5 Å². The van der Waals surface area contributed by atoms with E-state index in [1.807, 2.05) is 54.6 Å². The molecule has 0 heterocycles. The van der Waals surface area contributed by atoms with Crippen molar-refractivity contribution < 1.29 is 0 Å². The molecule has 0 N–H and O–H groups in total. The summed E-state index contributed by atoms with van der Waals surface area (Å²) in [7, 11) is 0. The van der Waals surface area contributed by atoms with Crippen LogP contribution >= 0.6 is 0 Å². The minimum atomic E-state index is 0.130. The normalized spacial score (nSPS) is 9.89. The molecule has 2 heteroatoms. The first kappa shape index (κ1) is 18.2. The highest BCUT2D eigenvalue weighted by Gasteiger charge is 2.12. The molecule has 0 radical (unpaired) electrons. The average Bonchev–Trinajstić information content (AvgIpc) is 2.74. The maximum atomic E-state index is 9.46. The van der Waals surface area contributed by atoms with Gasteiger partial charge in [-0.15, -0.1) is 0 Å². The van der Waals surface area contributed by atoms with Crippen molar-refractivity contribution in [2.75, 3.05) is 0 Å². The predicted octanol–water partition coefficient (Wildman–Crippen LogP) is 6.16. The summed E-state index contributed by atoms with van der Waals surface area (Å²) in [6.45, 7) is 2.15. The second-order valence-electron chi connectivity index (χ2n) is 6.36. The average molecular weight is 348 g/mol. The quantitative estimate of drug-likeness (QED) is 0.519. The molecule has 0 aromatic heterocycles. The van der Waals surface area contributed by atoms with Gasteiger partial charge in [-0.25, -0.2) is 0 Å². The molecule has 0 aliphatic rings. The molecule has 3 aromatic rings. The monoisotopic (exact) mass is 348 g/mol. The van der Waals surface area contributed by atoms with Crippen molar-refractivity contribution in [1.29, 1.82) is 10.5 Å². The zero-order chi connectivity index (χ0) is 19.1. The van der Waals surface area contributed by atoms with Crippen LogP contribution in [0.2, 0.25) is 0 Å². The molecule has 2 nitrogen and oxygen atoms in total. The maximum Gasteiger partial charge on any atom is 0.138 e. The van der Waals surface area contributed by atoms with Crippen LogP contribution in [0.5, 0.6) is 0 Å². The second-order valence-corrected chi connectivity index (χ2v) is 6.36. The van der Waals surface area contributed by atoms with Crippen LogP contribution in [0.25, 0.3) is 16.7 Å². The van der Waals surface area contributed by atoms with Gasteiger partial charge in [-0.05, 0) is 34.2 Å². The van der Waals surface area contributed by atoms with Crippen LogP contribution in [0, 0.1) is 22.7 Å². The predicted molar refractivity (Wildman–Crippen MR) is 110 cm³/mol. The van der Waals surface area contributed by atoms with Crippen LogP contribution in [0.1, 0.15) is 30.0 Å². The fourth-order valence-corrected chi connectivity index (χ4v) is 3.18. The molecule has 0 amide bonds. The van der Waals surface area contributed by atoms with E-state index < -0.39 is 0 Å². The van der Waals surface area contributed by atoms with Gasteiger partial charge < -0.3 is 0 Å². The van der Waals surface area contributed by atoms with Gasteiger partial charge in [0.05, 0.1) is 0 Å². The Morgan fingerprint density at radius 2 is 1.22 bits per heavy atom. The van der Waals surface area contributed by atoms with Gasteiger partial charge in [0.25, 0.3) is 0 Å². The van der Waals surface area contributed by atoms with Crippen LogP contribution in [0.4, 0.5) is 0 Å². The summed E-state index contributed by atoms with van der Waals surface area (Å²) in [6.07, 6.45) is 2.11. The SMILES string of the molecule is CCCc1ccc(C(=C(C#N)C#N)c2ccc(-c3ccccc3)cc2)cc1. The van der Waals surface area contributed by atoms with E-state index in [1.54, 1.807) is 0 Å². The van der Waals surface area contributed by atoms with Crippen LogP contribution in [0.3, 0.4) is 0 Å². The number of nitrogens with zero attached hydrogens (tertiary/aromatic N) is 2. The fraction of sp³-hybridized carbons (Fsp3) is 0.120. The third-order valence-electron chi connectivity index (χ3n) is 4.54. The van der Waals surface area contributed by atoms with Gasteiger partial charge in [0.1, 0.15) is 17.7 Å². The Balaban J connectivity index is 2.04. The summed E-state index contributed by atoms with van der Waals surface area (Å²) >= 11 is 0. The zero-order valence-corrected chi connectivity index (χ0v) is 15.3. The van der Waals surface area contributed by atoms with E-state index in [4.69, 9.17) is 0 Å². The maximum absolute atomic E-state index is 9.46. The molecule has 0 aliphatic carbocycles. The lowest BCUT2D eigenvalue weighted by molar-refractivity contribution is 0.922. The molecule has 0 bridgehead atoms. The van der Waals surface area contributed by atoms with Gasteiger partial charge >= 0.3 is 0 Å². The lowest BCUT2D eigenvalue weighted by Gasteiger charge is -2.11. The van der Waals surface area contributed by atoms with Gasteiger partial charge in [-0.1, -0.05) is 92.2 Å². The smallest absolute Gasteiger partial charge is 0.138 e. The number of benzene rings is 3. The summed E-state index contributed by atoms with van der Waals surface area (Å²) < 4.78 is 0. The number of rotatable bonds is 5. The Hall–Kier alpha value is -3.62. The van der Waals surface area contributed by atoms with E-state index in [9.17, 15) is 10.5 Å². The standard InChI is InChI=1S/C25H20N2/c1-2-6-19-9-11-22(12-10-19)25(24(17-26)18-27)23-15-13-21(14-16-23)20-7-4-3-5-8-20/h3-5,7-16H,2,6H2,1H3. The molecule has 0 fully saturated rings. The van der Waals surface area contributed by atoms with Crippen molar-refractivity contribution in [2.24, 2.45) is 0 Å². The van der Waals surface area contributed by atoms with Gasteiger partial charge in [0.15, 0.2) is 0 Å². The van der Waals surface area contributed by atoms with E-state index in [2.05, 4.69) is 43.3 Å². The molecule has 0 saturated carbocycles. The molecule has 0 saturated heterocycles. The molecule has 0 aliphatic heterocycles. The van der Waals surface area contributed by atoms with Gasteiger partial charge in [0, 0.05) is 5.57 Å². The first-order chi connectivity index (χ1) is 13.3. The van der Waals surface area contributed by atoms with Crippen molar-refractivity contribution >= 4 is 5.57 Å². The summed E-state index contributed by atoms with van der Waals surface area (Å²) in [5.74, 6) is 0. The van der Waals surface area contributed by atoms with E-state index in [0.29, 0.717) is 5.57 Å². The van der Waals surface area contributed by atoms with Gasteiger partial charge in [-0.3, -0.25) is 0 Å². The van der Waals surface area contributed by atoms with Crippen LogP contribution in [-0.2, 0) is 6.42 Å². The topological polar surface area (TPSA) is 47.6 Å². The summed E-state index contributed by atoms with van der Waals surface area (Å²) in [5.41, 5.74) is 6.08. The van der Waals surface area contributed by atoms with Crippen molar-refractivity contribution in [3.8, 4) is 23.3 Å². The number of hydrogen-bond acceptors (Lipinski definition) is 2. The fourth-order valence-electron chi connectivity index (χ4n) is 3.18.